The molecule has 26 heavy (non-hydrogen) atoms. The van der Waals surface area contributed by atoms with Crippen LogP contribution >= 0.6 is 12.6 Å². The summed E-state index contributed by atoms with van der Waals surface area (Å²) in [6.07, 6.45) is 15.8. The Morgan fingerprint density at radius 3 is 2.81 bits per heavy atom. The van der Waals surface area contributed by atoms with Crippen LogP contribution in [0.4, 0.5) is 0 Å². The normalized spacial score (nSPS) is 54.6. The molecule has 3 unspecified atom stereocenters. The Bertz CT molecular complexity index is 769. The predicted octanol–water partition coefficient (Wildman–Crippen LogP) is 5.76. The van der Waals surface area contributed by atoms with Gasteiger partial charge in [-0.3, -0.25) is 0 Å². The van der Waals surface area contributed by atoms with Crippen LogP contribution < -0.4 is 0 Å². The third-order valence-corrected chi connectivity index (χ3v) is 9.86. The monoisotopic (exact) mass is 370 g/mol. The molecular formula is C23H30O2S. The summed E-state index contributed by atoms with van der Waals surface area (Å²) in [7, 11) is 0. The Morgan fingerprint density at radius 2 is 2.00 bits per heavy atom. The molecule has 3 heteroatoms. The second-order valence-electron chi connectivity index (χ2n) is 10.2. The van der Waals surface area contributed by atoms with Crippen molar-refractivity contribution in [3.63, 3.8) is 0 Å². The maximum absolute atomic E-state index is 6.63. The van der Waals surface area contributed by atoms with E-state index in [1.54, 1.807) is 5.57 Å². The molecule has 0 amide bonds. The molecule has 0 radical (unpaired) electrons. The van der Waals surface area contributed by atoms with Crippen LogP contribution in [0.1, 0.15) is 70.3 Å². The zero-order valence-electron chi connectivity index (χ0n) is 15.9. The summed E-state index contributed by atoms with van der Waals surface area (Å²) in [6.45, 7) is 5.10. The third kappa shape index (κ3) is 1.76. The lowest BCUT2D eigenvalue weighted by Gasteiger charge is -2.58. The number of epoxide rings is 1. The van der Waals surface area contributed by atoms with Crippen LogP contribution in [0.2, 0.25) is 0 Å². The van der Waals surface area contributed by atoms with Gasteiger partial charge in [0.05, 0.1) is 18.6 Å². The molecule has 1 aromatic rings. The summed E-state index contributed by atoms with van der Waals surface area (Å²) in [5.41, 5.74) is 3.93. The lowest BCUT2D eigenvalue weighted by molar-refractivity contribution is -0.0791. The van der Waals surface area contributed by atoms with Crippen LogP contribution in [0, 0.1) is 22.7 Å². The zero-order chi connectivity index (χ0) is 17.7. The SMILES string of the molecule is C[C@]12CCC(S)C=C1CC[C@@H]1[C@H]2CC[C@]2(C)C(c3ccoc3)CC3O[C@]312. The average Bonchev–Trinajstić information content (AvgIpc) is 2.99. The van der Waals surface area contributed by atoms with Gasteiger partial charge in [0.2, 0.25) is 0 Å². The predicted molar refractivity (Wildman–Crippen MR) is 105 cm³/mol. The molecule has 0 aromatic carbocycles. The number of allylic oxidation sites excluding steroid dienone is 1. The van der Waals surface area contributed by atoms with Gasteiger partial charge < -0.3 is 9.15 Å². The quantitative estimate of drug-likeness (QED) is 0.386. The smallest absolute Gasteiger partial charge is 0.104 e. The van der Waals surface area contributed by atoms with E-state index in [0.29, 0.717) is 22.7 Å². The molecule has 0 N–H and O–H groups in total. The standard InChI is InChI=1S/C23H30O2S/c1-21-8-5-16(26)11-15(21)3-4-18-17(21)6-9-22(2)19(14-7-10-24-13-14)12-20-23(18,22)25-20/h7,10-11,13,16-20,26H,3-6,8-9,12H2,1-2H3/t16?,17-,18-,19?,20?,21+,22-,23+/m1/s1. The highest BCUT2D eigenvalue weighted by atomic mass is 32.1. The van der Waals surface area contributed by atoms with Gasteiger partial charge >= 0.3 is 0 Å². The number of hydrogen-bond acceptors (Lipinski definition) is 3. The maximum atomic E-state index is 6.63. The van der Waals surface area contributed by atoms with Crippen LogP contribution in [0.25, 0.3) is 0 Å². The van der Waals surface area contributed by atoms with Gasteiger partial charge in [-0.05, 0) is 79.7 Å². The van der Waals surface area contributed by atoms with E-state index in [0.717, 1.165) is 11.8 Å². The first-order chi connectivity index (χ1) is 12.5. The molecule has 140 valence electrons. The van der Waals surface area contributed by atoms with Gasteiger partial charge in [-0.2, -0.15) is 12.6 Å². The lowest BCUT2D eigenvalue weighted by Crippen LogP contribution is -2.56. The van der Waals surface area contributed by atoms with E-state index in [2.05, 4.69) is 26.0 Å². The van der Waals surface area contributed by atoms with Gasteiger partial charge in [-0.15, -0.1) is 0 Å². The van der Waals surface area contributed by atoms with Crippen molar-refractivity contribution in [2.45, 2.75) is 81.7 Å². The summed E-state index contributed by atoms with van der Waals surface area (Å²) in [4.78, 5) is 0. The zero-order valence-corrected chi connectivity index (χ0v) is 16.8. The Labute approximate surface area is 162 Å². The first kappa shape index (κ1) is 16.3. The van der Waals surface area contributed by atoms with Crippen LogP contribution in [0.15, 0.2) is 34.7 Å². The Hall–Kier alpha value is -0.670. The Balaban J connectivity index is 1.39. The first-order valence-corrected chi connectivity index (χ1v) is 11.1. The van der Waals surface area contributed by atoms with E-state index in [4.69, 9.17) is 21.8 Å². The molecule has 3 saturated carbocycles. The fraction of sp³-hybridized carbons (Fsp3) is 0.739. The second-order valence-corrected chi connectivity index (χ2v) is 10.8. The van der Waals surface area contributed by atoms with E-state index in [-0.39, 0.29) is 11.0 Å². The van der Waals surface area contributed by atoms with Gasteiger partial charge in [-0.25, -0.2) is 0 Å². The van der Waals surface area contributed by atoms with Crippen molar-refractivity contribution in [2.75, 3.05) is 0 Å². The van der Waals surface area contributed by atoms with Crippen molar-refractivity contribution in [1.82, 2.24) is 0 Å². The number of furan rings is 1. The highest BCUT2D eigenvalue weighted by Gasteiger charge is 2.80. The van der Waals surface area contributed by atoms with Gasteiger partial charge in [-0.1, -0.05) is 25.5 Å². The molecular weight excluding hydrogens is 340 g/mol. The van der Waals surface area contributed by atoms with Crippen molar-refractivity contribution in [1.29, 1.82) is 0 Å². The summed E-state index contributed by atoms with van der Waals surface area (Å²) < 4.78 is 12.1. The number of ether oxygens (including phenoxy) is 1. The number of hydrogen-bond donors (Lipinski definition) is 1. The fourth-order valence-corrected chi connectivity index (χ4v) is 8.43. The topological polar surface area (TPSA) is 25.7 Å². The highest BCUT2D eigenvalue weighted by molar-refractivity contribution is 7.81. The molecule has 1 spiro atoms. The van der Waals surface area contributed by atoms with Gasteiger partial charge in [0.1, 0.15) is 5.60 Å². The van der Waals surface area contributed by atoms with E-state index >= 15 is 0 Å². The average molecular weight is 371 g/mol. The lowest BCUT2D eigenvalue weighted by atomic mass is 9.46. The summed E-state index contributed by atoms with van der Waals surface area (Å²) in [5, 5.41) is 0.475. The Kier molecular flexibility index (Phi) is 3.15. The van der Waals surface area contributed by atoms with Crippen LogP contribution in [0.5, 0.6) is 0 Å². The van der Waals surface area contributed by atoms with E-state index < -0.39 is 0 Å². The van der Waals surface area contributed by atoms with Crippen LogP contribution in [-0.2, 0) is 4.74 Å². The van der Waals surface area contributed by atoms with Crippen LogP contribution in [0.3, 0.4) is 0 Å². The molecule has 8 atom stereocenters. The summed E-state index contributed by atoms with van der Waals surface area (Å²) in [5.74, 6) is 2.14. The minimum atomic E-state index is 0.143. The molecule has 6 rings (SSSR count). The van der Waals surface area contributed by atoms with Crippen molar-refractivity contribution in [3.05, 3.63) is 35.8 Å². The van der Waals surface area contributed by atoms with Crippen molar-refractivity contribution < 1.29 is 9.15 Å². The molecule has 5 aliphatic rings. The highest BCUT2D eigenvalue weighted by Crippen LogP contribution is 2.77. The maximum Gasteiger partial charge on any atom is 0.104 e. The van der Waals surface area contributed by atoms with E-state index in [1.807, 2.05) is 12.5 Å². The Morgan fingerprint density at radius 1 is 1.12 bits per heavy atom. The second kappa shape index (κ2) is 5.03. The van der Waals surface area contributed by atoms with E-state index in [1.165, 1.54) is 50.5 Å². The molecule has 0 bridgehead atoms. The summed E-state index contributed by atoms with van der Waals surface area (Å²) in [6, 6.07) is 2.19. The molecule has 1 aliphatic heterocycles. The number of thiol groups is 1. The van der Waals surface area contributed by atoms with E-state index in [9.17, 15) is 0 Å². The van der Waals surface area contributed by atoms with Crippen molar-refractivity contribution in [2.24, 2.45) is 22.7 Å². The first-order valence-electron chi connectivity index (χ1n) is 10.6. The number of fused-ring (bicyclic) bond motifs is 3. The third-order valence-electron chi connectivity index (χ3n) is 9.46. The van der Waals surface area contributed by atoms with Gasteiger partial charge in [0, 0.05) is 10.7 Å². The largest absolute Gasteiger partial charge is 0.472 e. The van der Waals surface area contributed by atoms with Gasteiger partial charge in [0.15, 0.2) is 0 Å². The molecule has 1 aromatic heterocycles. The molecule has 4 fully saturated rings. The fourth-order valence-electron chi connectivity index (χ4n) is 8.12. The molecule has 4 aliphatic carbocycles. The number of rotatable bonds is 1. The molecule has 2 heterocycles. The molecule has 2 nitrogen and oxygen atoms in total. The minimum absolute atomic E-state index is 0.143. The van der Waals surface area contributed by atoms with Crippen molar-refractivity contribution >= 4 is 12.6 Å². The summed E-state index contributed by atoms with van der Waals surface area (Å²) >= 11 is 4.77. The van der Waals surface area contributed by atoms with Gasteiger partial charge in [0.25, 0.3) is 0 Å². The molecule has 1 saturated heterocycles. The minimum Gasteiger partial charge on any atom is -0.472 e. The van der Waals surface area contributed by atoms with Crippen LogP contribution in [-0.4, -0.2) is 17.0 Å². The van der Waals surface area contributed by atoms with Crippen molar-refractivity contribution in [3.8, 4) is 0 Å².